The number of nitrogens with zero attached hydrogens (tertiary/aromatic N) is 1. The zero-order valence-corrected chi connectivity index (χ0v) is 25.3. The van der Waals surface area contributed by atoms with Gasteiger partial charge in [0.15, 0.2) is 0 Å². The van der Waals surface area contributed by atoms with Crippen LogP contribution in [-0.4, -0.2) is 4.57 Å². The minimum Gasteiger partial charge on any atom is -0.456 e. The fourth-order valence-corrected chi connectivity index (χ4v) is 8.89. The molecule has 2 aromatic heterocycles. The van der Waals surface area contributed by atoms with Gasteiger partial charge in [0.05, 0.1) is 11.0 Å². The number of para-hydroxylation sites is 2. The first kappa shape index (κ1) is 24.4. The Bertz CT molecular complexity index is 2550. The van der Waals surface area contributed by atoms with E-state index < -0.39 is 0 Å². The first-order valence-corrected chi connectivity index (χ1v) is 15.6. The van der Waals surface area contributed by atoms with Crippen LogP contribution < -0.4 is 0 Å². The van der Waals surface area contributed by atoms with Crippen molar-refractivity contribution in [2.24, 2.45) is 0 Å². The Balaban J connectivity index is 1.48. The predicted octanol–water partition coefficient (Wildman–Crippen LogP) is 11.3. The molecule has 0 saturated heterocycles. The molecule has 0 unspecified atom stereocenters. The molecule has 6 aromatic carbocycles. The van der Waals surface area contributed by atoms with Gasteiger partial charge in [0.2, 0.25) is 0 Å². The van der Waals surface area contributed by atoms with Crippen LogP contribution in [0, 0.1) is 0 Å². The first-order valence-electron chi connectivity index (χ1n) is 15.6. The maximum atomic E-state index is 6.26. The number of hydrogen-bond donors (Lipinski definition) is 0. The lowest BCUT2D eigenvalue weighted by Crippen LogP contribution is -2.24. The third-order valence-corrected chi connectivity index (χ3v) is 10.7. The summed E-state index contributed by atoms with van der Waals surface area (Å²) in [6.45, 7) is 9.72. The summed E-state index contributed by atoms with van der Waals surface area (Å²) in [5.41, 5.74) is 16.6. The average Bonchev–Trinajstić information content (AvgIpc) is 3.72. The molecule has 0 atom stereocenters. The third kappa shape index (κ3) is 2.74. The highest BCUT2D eigenvalue weighted by atomic mass is 16.3. The van der Waals surface area contributed by atoms with E-state index in [1.54, 1.807) is 0 Å². The van der Waals surface area contributed by atoms with Gasteiger partial charge in [-0.3, -0.25) is 0 Å². The van der Waals surface area contributed by atoms with Gasteiger partial charge in [-0.1, -0.05) is 113 Å². The van der Waals surface area contributed by atoms with Crippen LogP contribution in [0.15, 0.2) is 120 Å². The lowest BCUT2D eigenvalue weighted by Gasteiger charge is -2.31. The van der Waals surface area contributed by atoms with Gasteiger partial charge in [0.25, 0.3) is 0 Å². The fourth-order valence-electron chi connectivity index (χ4n) is 8.89. The Kier molecular flexibility index (Phi) is 4.37. The zero-order chi connectivity index (χ0) is 29.5. The van der Waals surface area contributed by atoms with E-state index in [-0.39, 0.29) is 10.8 Å². The third-order valence-electron chi connectivity index (χ3n) is 10.7. The van der Waals surface area contributed by atoms with Crippen LogP contribution >= 0.6 is 0 Å². The number of benzene rings is 6. The summed E-state index contributed by atoms with van der Waals surface area (Å²) in [7, 11) is 0. The Morgan fingerprint density at radius 1 is 0.523 bits per heavy atom. The second kappa shape index (κ2) is 7.89. The molecule has 2 nitrogen and oxygen atoms in total. The molecule has 8 aromatic rings. The highest BCUT2D eigenvalue weighted by molar-refractivity contribution is 6.23. The summed E-state index contributed by atoms with van der Waals surface area (Å²) in [5, 5.41) is 4.96. The van der Waals surface area contributed by atoms with Crippen molar-refractivity contribution in [1.82, 2.24) is 4.57 Å². The van der Waals surface area contributed by atoms with Crippen molar-refractivity contribution >= 4 is 43.7 Å². The summed E-state index contributed by atoms with van der Waals surface area (Å²) in [4.78, 5) is 0. The molecule has 0 spiro atoms. The number of fused-ring (bicyclic) bond motifs is 15. The van der Waals surface area contributed by atoms with Crippen LogP contribution in [0.3, 0.4) is 0 Å². The summed E-state index contributed by atoms with van der Waals surface area (Å²) in [6.07, 6.45) is 0. The quantitative estimate of drug-likeness (QED) is 0.194. The van der Waals surface area contributed by atoms with E-state index in [0.29, 0.717) is 0 Å². The van der Waals surface area contributed by atoms with Crippen molar-refractivity contribution in [3.63, 3.8) is 0 Å². The van der Waals surface area contributed by atoms with E-state index in [1.165, 1.54) is 66.3 Å². The molecule has 0 amide bonds. The molecule has 0 saturated carbocycles. The number of furan rings is 1. The molecule has 0 aliphatic heterocycles. The summed E-state index contributed by atoms with van der Waals surface area (Å²) < 4.78 is 8.80. The Morgan fingerprint density at radius 3 is 1.84 bits per heavy atom. The van der Waals surface area contributed by atoms with Gasteiger partial charge >= 0.3 is 0 Å². The molecule has 210 valence electrons. The topological polar surface area (TPSA) is 18.1 Å². The minimum atomic E-state index is -0.143. The minimum absolute atomic E-state index is 0.124. The van der Waals surface area contributed by atoms with Crippen LogP contribution in [0.5, 0.6) is 0 Å². The standard InChI is InChI=1S/C42H31NO/c1-41(2)30-17-9-5-14-26(30)35-36-28-16-7-11-19-32(28)43(24-21-22-34-29(23-24)25-13-8-12-20-33(25)44-34)40(36)37-27-15-6-10-18-31(27)42(3,4)39(37)38(35)41/h5-23H,1-4H3. The summed E-state index contributed by atoms with van der Waals surface area (Å²) in [5.74, 6) is 0. The highest BCUT2D eigenvalue weighted by Crippen LogP contribution is 2.63. The fraction of sp³-hybridized carbons (Fsp3) is 0.143. The second-order valence-electron chi connectivity index (χ2n) is 13.7. The number of aromatic nitrogens is 1. The van der Waals surface area contributed by atoms with Gasteiger partial charge in [0.1, 0.15) is 11.2 Å². The van der Waals surface area contributed by atoms with E-state index in [0.717, 1.165) is 27.6 Å². The van der Waals surface area contributed by atoms with Crippen molar-refractivity contribution in [2.45, 2.75) is 38.5 Å². The SMILES string of the molecule is CC1(C)c2ccccc2-c2c1c1c(c3c2c2ccccc2n3-c2ccc3oc4ccccc4c3c2)-c2ccccc2C1(C)C. The molecule has 2 aliphatic rings. The van der Waals surface area contributed by atoms with Crippen LogP contribution in [0.1, 0.15) is 49.9 Å². The Hall–Kier alpha value is -5.08. The molecule has 0 radical (unpaired) electrons. The van der Waals surface area contributed by atoms with E-state index in [9.17, 15) is 0 Å². The van der Waals surface area contributed by atoms with E-state index in [2.05, 4.69) is 141 Å². The molecule has 2 heterocycles. The molecule has 2 heteroatoms. The first-order chi connectivity index (χ1) is 21.4. The Morgan fingerprint density at radius 2 is 1.09 bits per heavy atom. The van der Waals surface area contributed by atoms with Crippen molar-refractivity contribution in [3.05, 3.63) is 138 Å². The molecule has 44 heavy (non-hydrogen) atoms. The van der Waals surface area contributed by atoms with Crippen molar-refractivity contribution in [1.29, 1.82) is 0 Å². The van der Waals surface area contributed by atoms with Gasteiger partial charge < -0.3 is 8.98 Å². The molecule has 0 N–H and O–H groups in total. The molecular weight excluding hydrogens is 534 g/mol. The lowest BCUT2D eigenvalue weighted by molar-refractivity contribution is 0.602. The Labute approximate surface area is 256 Å². The molecule has 0 bridgehead atoms. The average molecular weight is 566 g/mol. The number of hydrogen-bond acceptors (Lipinski definition) is 1. The maximum Gasteiger partial charge on any atom is 0.135 e. The van der Waals surface area contributed by atoms with Gasteiger partial charge in [-0.25, -0.2) is 0 Å². The maximum absolute atomic E-state index is 6.26. The van der Waals surface area contributed by atoms with Crippen molar-refractivity contribution in [3.8, 4) is 27.9 Å². The summed E-state index contributed by atoms with van der Waals surface area (Å²) in [6, 6.07) is 42.3. The predicted molar refractivity (Wildman–Crippen MR) is 183 cm³/mol. The van der Waals surface area contributed by atoms with Gasteiger partial charge in [-0.2, -0.15) is 0 Å². The number of rotatable bonds is 1. The monoisotopic (exact) mass is 565 g/mol. The van der Waals surface area contributed by atoms with Crippen LogP contribution in [0.2, 0.25) is 0 Å². The van der Waals surface area contributed by atoms with Crippen LogP contribution in [0.25, 0.3) is 71.7 Å². The van der Waals surface area contributed by atoms with Crippen LogP contribution in [0.4, 0.5) is 0 Å². The largest absolute Gasteiger partial charge is 0.456 e. The van der Waals surface area contributed by atoms with Gasteiger partial charge in [-0.05, 0) is 69.3 Å². The molecule has 10 rings (SSSR count). The van der Waals surface area contributed by atoms with E-state index in [1.807, 2.05) is 6.07 Å². The van der Waals surface area contributed by atoms with Gasteiger partial charge in [0, 0.05) is 43.6 Å². The molecular formula is C42H31NO. The molecule has 2 aliphatic carbocycles. The lowest BCUT2D eigenvalue weighted by atomic mass is 9.72. The molecule has 0 fully saturated rings. The highest BCUT2D eigenvalue weighted by Gasteiger charge is 2.48. The second-order valence-corrected chi connectivity index (χ2v) is 13.7. The van der Waals surface area contributed by atoms with Crippen molar-refractivity contribution < 1.29 is 4.42 Å². The summed E-state index contributed by atoms with van der Waals surface area (Å²) >= 11 is 0. The van der Waals surface area contributed by atoms with Crippen LogP contribution in [-0.2, 0) is 10.8 Å². The smallest absolute Gasteiger partial charge is 0.135 e. The van der Waals surface area contributed by atoms with E-state index in [4.69, 9.17) is 4.42 Å². The normalized spacial score (nSPS) is 15.6. The zero-order valence-electron chi connectivity index (χ0n) is 25.3. The van der Waals surface area contributed by atoms with Gasteiger partial charge in [-0.15, -0.1) is 0 Å². The van der Waals surface area contributed by atoms with E-state index >= 15 is 0 Å². The van der Waals surface area contributed by atoms with Crippen molar-refractivity contribution in [2.75, 3.05) is 0 Å².